The number of hydrogen-bond acceptors (Lipinski definition) is 2. The molecule has 0 aliphatic rings. The number of phenolic OH excluding ortho intramolecular Hbond substituents is 2. The maximum atomic E-state index is 11.4. The van der Waals surface area contributed by atoms with Crippen molar-refractivity contribution >= 4 is 0 Å². The van der Waals surface area contributed by atoms with Crippen LogP contribution in [0.25, 0.3) is 22.3 Å². The van der Waals surface area contributed by atoms with E-state index in [0.717, 1.165) is 33.4 Å². The molecule has 0 atom stereocenters. The molecule has 0 amide bonds. The van der Waals surface area contributed by atoms with Crippen molar-refractivity contribution in [2.24, 2.45) is 0 Å². The second-order valence-electron chi connectivity index (χ2n) is 14.4. The third-order valence-corrected chi connectivity index (χ3v) is 7.05. The highest BCUT2D eigenvalue weighted by molar-refractivity contribution is 5.81. The molecule has 2 N–H and O–H groups in total. The lowest BCUT2D eigenvalue weighted by Crippen LogP contribution is -2.17. The zero-order chi connectivity index (χ0) is 27.4. The third-order valence-electron chi connectivity index (χ3n) is 7.05. The Morgan fingerprint density at radius 3 is 1.06 bits per heavy atom. The van der Waals surface area contributed by atoms with Crippen molar-refractivity contribution in [3.63, 3.8) is 0 Å². The summed E-state index contributed by atoms with van der Waals surface area (Å²) in [6.07, 6.45) is 0. The summed E-state index contributed by atoms with van der Waals surface area (Å²) < 4.78 is 0. The molecule has 0 aliphatic heterocycles. The maximum Gasteiger partial charge on any atom is 0.127 e. The van der Waals surface area contributed by atoms with Crippen molar-refractivity contribution in [2.75, 3.05) is 0 Å². The highest BCUT2D eigenvalue weighted by Crippen LogP contribution is 2.45. The fraction of sp³-hybridized carbons (Fsp3) is 0.471. The fourth-order valence-electron chi connectivity index (χ4n) is 4.57. The van der Waals surface area contributed by atoms with E-state index in [1.165, 1.54) is 11.1 Å². The lowest BCUT2D eigenvalue weighted by atomic mass is 9.77. The molecule has 3 aromatic carbocycles. The van der Waals surface area contributed by atoms with Gasteiger partial charge in [-0.1, -0.05) is 113 Å². The molecule has 0 saturated carbocycles. The Morgan fingerprint density at radius 1 is 0.444 bits per heavy atom. The minimum Gasteiger partial charge on any atom is -0.507 e. The van der Waals surface area contributed by atoms with Crippen molar-refractivity contribution in [3.05, 3.63) is 70.8 Å². The van der Waals surface area contributed by atoms with Gasteiger partial charge in [-0.2, -0.15) is 0 Å². The quantitative estimate of drug-likeness (QED) is 0.378. The van der Waals surface area contributed by atoms with Gasteiger partial charge >= 0.3 is 0 Å². The van der Waals surface area contributed by atoms with Gasteiger partial charge in [-0.05, 0) is 62.1 Å². The van der Waals surface area contributed by atoms with E-state index in [4.69, 9.17) is 0 Å². The van der Waals surface area contributed by atoms with Crippen LogP contribution < -0.4 is 0 Å². The van der Waals surface area contributed by atoms with Crippen molar-refractivity contribution in [1.29, 1.82) is 0 Å². The van der Waals surface area contributed by atoms with Gasteiger partial charge in [0.15, 0.2) is 0 Å². The number of aromatic hydroxyl groups is 2. The van der Waals surface area contributed by atoms with Gasteiger partial charge in [0.1, 0.15) is 11.5 Å². The molecule has 0 heterocycles. The highest BCUT2D eigenvalue weighted by Gasteiger charge is 2.27. The van der Waals surface area contributed by atoms with E-state index in [2.05, 4.69) is 113 Å². The van der Waals surface area contributed by atoms with Gasteiger partial charge in [-0.3, -0.25) is 0 Å². The molecule has 0 spiro atoms. The molecule has 0 fully saturated rings. The Bertz CT molecular complexity index is 1170. The molecule has 194 valence electrons. The minimum atomic E-state index is -0.196. The van der Waals surface area contributed by atoms with Gasteiger partial charge in [0.25, 0.3) is 0 Å². The molecule has 2 heteroatoms. The Kier molecular flexibility index (Phi) is 6.94. The molecule has 36 heavy (non-hydrogen) atoms. The highest BCUT2D eigenvalue weighted by atomic mass is 16.3. The first kappa shape index (κ1) is 27.8. The summed E-state index contributed by atoms with van der Waals surface area (Å²) in [6.45, 7) is 26.1. The lowest BCUT2D eigenvalue weighted by Gasteiger charge is -2.28. The molecule has 3 rings (SSSR count). The standard InChI is InChI=1S/C34H46O2/c1-31(2,3)23-17-25(29(35)27(19-23)33(7,8)9)21-14-13-15-22(16-21)26-18-24(32(4,5)6)20-28(30(26)36)34(10,11)12/h13-20,35-36H,1-12H3. The summed E-state index contributed by atoms with van der Waals surface area (Å²) in [7, 11) is 0. The van der Waals surface area contributed by atoms with Crippen LogP contribution in [0.2, 0.25) is 0 Å². The molecule has 0 saturated heterocycles. The van der Waals surface area contributed by atoms with E-state index in [9.17, 15) is 10.2 Å². The second-order valence-corrected chi connectivity index (χ2v) is 14.4. The summed E-state index contributed by atoms with van der Waals surface area (Å²) >= 11 is 0. The normalized spacial score (nSPS) is 13.2. The van der Waals surface area contributed by atoms with Gasteiger partial charge < -0.3 is 10.2 Å². The molecular formula is C34H46O2. The summed E-state index contributed by atoms with van der Waals surface area (Å²) in [5.74, 6) is 0.659. The second kappa shape index (κ2) is 8.98. The van der Waals surface area contributed by atoms with Crippen molar-refractivity contribution in [1.82, 2.24) is 0 Å². The molecule has 0 aromatic heterocycles. The smallest absolute Gasteiger partial charge is 0.127 e. The van der Waals surface area contributed by atoms with Crippen LogP contribution in [0.1, 0.15) is 105 Å². The van der Waals surface area contributed by atoms with Crippen LogP contribution in [-0.2, 0) is 21.7 Å². The van der Waals surface area contributed by atoms with Crippen LogP contribution in [0.15, 0.2) is 48.5 Å². The van der Waals surface area contributed by atoms with Crippen LogP contribution in [-0.4, -0.2) is 10.2 Å². The SMILES string of the molecule is CC(C)(C)c1cc(-c2cccc(-c3cc(C(C)(C)C)cc(C(C)(C)C)c3O)c2)c(O)c(C(C)(C)C)c1. The van der Waals surface area contributed by atoms with Gasteiger partial charge in [-0.25, -0.2) is 0 Å². The van der Waals surface area contributed by atoms with Gasteiger partial charge in [-0.15, -0.1) is 0 Å². The zero-order valence-electron chi connectivity index (χ0n) is 24.5. The average molecular weight is 487 g/mol. The first-order valence-corrected chi connectivity index (χ1v) is 13.1. The topological polar surface area (TPSA) is 40.5 Å². The van der Waals surface area contributed by atoms with Crippen LogP contribution in [0.3, 0.4) is 0 Å². The van der Waals surface area contributed by atoms with Crippen molar-refractivity contribution in [3.8, 4) is 33.8 Å². The number of phenols is 2. The molecule has 0 aliphatic carbocycles. The largest absolute Gasteiger partial charge is 0.507 e. The van der Waals surface area contributed by atoms with Crippen LogP contribution in [0, 0.1) is 0 Å². The fourth-order valence-corrected chi connectivity index (χ4v) is 4.57. The Hall–Kier alpha value is -2.74. The first-order valence-electron chi connectivity index (χ1n) is 13.1. The third kappa shape index (κ3) is 5.64. The number of hydrogen-bond donors (Lipinski definition) is 2. The predicted octanol–water partition coefficient (Wildman–Crippen LogP) is 9.62. The predicted molar refractivity (Wildman–Crippen MR) is 155 cm³/mol. The van der Waals surface area contributed by atoms with Crippen LogP contribution >= 0.6 is 0 Å². The number of benzene rings is 3. The molecule has 0 unspecified atom stereocenters. The van der Waals surface area contributed by atoms with Crippen LogP contribution in [0.4, 0.5) is 0 Å². The molecule has 0 radical (unpaired) electrons. The Labute approximate surface area is 219 Å². The van der Waals surface area contributed by atoms with Crippen molar-refractivity contribution < 1.29 is 10.2 Å². The molecular weight excluding hydrogens is 440 g/mol. The van der Waals surface area contributed by atoms with E-state index in [1.54, 1.807) is 0 Å². The Balaban J connectivity index is 2.32. The average Bonchev–Trinajstić information content (AvgIpc) is 2.70. The van der Waals surface area contributed by atoms with E-state index in [-0.39, 0.29) is 21.7 Å². The lowest BCUT2D eigenvalue weighted by molar-refractivity contribution is 0.446. The maximum absolute atomic E-state index is 11.4. The molecule has 0 bridgehead atoms. The molecule has 2 nitrogen and oxygen atoms in total. The van der Waals surface area contributed by atoms with Gasteiger partial charge in [0, 0.05) is 22.3 Å². The Morgan fingerprint density at radius 2 is 0.778 bits per heavy atom. The monoisotopic (exact) mass is 486 g/mol. The minimum absolute atomic E-state index is 0.0546. The summed E-state index contributed by atoms with van der Waals surface area (Å²) in [5, 5.41) is 22.9. The van der Waals surface area contributed by atoms with E-state index < -0.39 is 0 Å². The van der Waals surface area contributed by atoms with Gasteiger partial charge in [0.2, 0.25) is 0 Å². The zero-order valence-corrected chi connectivity index (χ0v) is 24.5. The summed E-state index contributed by atoms with van der Waals surface area (Å²) in [4.78, 5) is 0. The number of rotatable bonds is 2. The van der Waals surface area contributed by atoms with E-state index >= 15 is 0 Å². The first-order chi connectivity index (χ1) is 16.2. The summed E-state index contributed by atoms with van der Waals surface area (Å²) in [6, 6.07) is 16.8. The van der Waals surface area contributed by atoms with E-state index in [1.807, 2.05) is 18.2 Å². The summed E-state index contributed by atoms with van der Waals surface area (Å²) in [5.41, 5.74) is 7.33. The van der Waals surface area contributed by atoms with Crippen LogP contribution in [0.5, 0.6) is 11.5 Å². The molecule has 3 aromatic rings. The van der Waals surface area contributed by atoms with Gasteiger partial charge in [0.05, 0.1) is 0 Å². The van der Waals surface area contributed by atoms with E-state index in [0.29, 0.717) is 11.5 Å². The van der Waals surface area contributed by atoms with Crippen molar-refractivity contribution in [2.45, 2.75) is 105 Å².